The molecule has 7 nitrogen and oxygen atoms in total. The van der Waals surface area contributed by atoms with Crippen LogP contribution in [0.2, 0.25) is 0 Å². The predicted molar refractivity (Wildman–Crippen MR) is 68.3 cm³/mol. The first-order chi connectivity index (χ1) is 8.88. The van der Waals surface area contributed by atoms with E-state index < -0.39 is 6.04 Å². The van der Waals surface area contributed by atoms with Crippen LogP contribution >= 0.6 is 0 Å². The molecule has 0 aromatic heterocycles. The standard InChI is InChI=1S/C12H21N3O4/c1-7-4-10(16)15-9(3)12(18)14-6-11(17)13-5-8(2)19-7/h7-9H,4-6H2,1-3H3,(H,13,17)(H,14,18)(H,15,16)/t7-,8?,9+/m1/s1. The molecule has 1 aliphatic rings. The van der Waals surface area contributed by atoms with Crippen molar-refractivity contribution in [3.05, 3.63) is 0 Å². The largest absolute Gasteiger partial charge is 0.373 e. The Morgan fingerprint density at radius 2 is 1.68 bits per heavy atom. The number of amides is 3. The second kappa shape index (κ2) is 7.08. The highest BCUT2D eigenvalue weighted by molar-refractivity contribution is 5.90. The lowest BCUT2D eigenvalue weighted by molar-refractivity contribution is -0.130. The zero-order valence-corrected chi connectivity index (χ0v) is 11.5. The summed E-state index contributed by atoms with van der Waals surface area (Å²) in [6, 6.07) is -0.675. The third-order valence-corrected chi connectivity index (χ3v) is 2.72. The molecule has 1 heterocycles. The smallest absolute Gasteiger partial charge is 0.242 e. The minimum absolute atomic E-state index is 0.110. The zero-order valence-electron chi connectivity index (χ0n) is 11.5. The van der Waals surface area contributed by atoms with E-state index in [1.807, 2.05) is 6.92 Å². The molecule has 3 amide bonds. The van der Waals surface area contributed by atoms with Crippen LogP contribution in [0, 0.1) is 0 Å². The average molecular weight is 271 g/mol. The number of hydrogen-bond acceptors (Lipinski definition) is 4. The van der Waals surface area contributed by atoms with Crippen LogP contribution in [0.4, 0.5) is 0 Å². The highest BCUT2D eigenvalue weighted by atomic mass is 16.5. The van der Waals surface area contributed by atoms with Crippen LogP contribution in [0.15, 0.2) is 0 Å². The van der Waals surface area contributed by atoms with Crippen LogP contribution in [0.3, 0.4) is 0 Å². The van der Waals surface area contributed by atoms with Crippen LogP contribution in [0.5, 0.6) is 0 Å². The summed E-state index contributed by atoms with van der Waals surface area (Å²) in [6.45, 7) is 5.40. The van der Waals surface area contributed by atoms with Gasteiger partial charge in [-0.15, -0.1) is 0 Å². The van der Waals surface area contributed by atoms with Crippen LogP contribution in [-0.2, 0) is 19.1 Å². The Kier molecular flexibility index (Phi) is 5.75. The molecular weight excluding hydrogens is 250 g/mol. The van der Waals surface area contributed by atoms with Crippen molar-refractivity contribution < 1.29 is 19.1 Å². The van der Waals surface area contributed by atoms with Gasteiger partial charge in [0, 0.05) is 6.54 Å². The van der Waals surface area contributed by atoms with E-state index in [9.17, 15) is 14.4 Å². The van der Waals surface area contributed by atoms with Gasteiger partial charge < -0.3 is 20.7 Å². The number of nitrogens with one attached hydrogen (secondary N) is 3. The first kappa shape index (κ1) is 15.4. The summed E-state index contributed by atoms with van der Waals surface area (Å²) in [4.78, 5) is 34.7. The fraction of sp³-hybridized carbons (Fsp3) is 0.750. The van der Waals surface area contributed by atoms with Crippen molar-refractivity contribution in [3.63, 3.8) is 0 Å². The summed E-state index contributed by atoms with van der Waals surface area (Å²) in [7, 11) is 0. The Bertz CT molecular complexity index is 359. The van der Waals surface area contributed by atoms with Crippen LogP contribution < -0.4 is 16.0 Å². The Morgan fingerprint density at radius 1 is 1.00 bits per heavy atom. The van der Waals surface area contributed by atoms with E-state index in [1.54, 1.807) is 13.8 Å². The van der Waals surface area contributed by atoms with Gasteiger partial charge in [-0.2, -0.15) is 0 Å². The van der Waals surface area contributed by atoms with Crippen molar-refractivity contribution in [2.75, 3.05) is 13.1 Å². The van der Waals surface area contributed by atoms with E-state index in [4.69, 9.17) is 4.74 Å². The molecule has 0 bridgehead atoms. The fourth-order valence-corrected chi connectivity index (χ4v) is 1.76. The average Bonchev–Trinajstić information content (AvgIpc) is 2.32. The molecule has 0 saturated carbocycles. The topological polar surface area (TPSA) is 96.5 Å². The van der Waals surface area contributed by atoms with E-state index >= 15 is 0 Å². The van der Waals surface area contributed by atoms with Gasteiger partial charge in [-0.1, -0.05) is 0 Å². The van der Waals surface area contributed by atoms with Gasteiger partial charge >= 0.3 is 0 Å². The van der Waals surface area contributed by atoms with E-state index in [1.165, 1.54) is 0 Å². The second-order valence-electron chi connectivity index (χ2n) is 4.77. The quantitative estimate of drug-likeness (QED) is 0.522. The summed E-state index contributed by atoms with van der Waals surface area (Å²) in [6.07, 6.45) is -0.292. The molecule has 0 spiro atoms. The lowest BCUT2D eigenvalue weighted by atomic mass is 10.2. The molecule has 3 N–H and O–H groups in total. The lowest BCUT2D eigenvalue weighted by Gasteiger charge is -2.19. The van der Waals surface area contributed by atoms with Gasteiger partial charge in [-0.25, -0.2) is 0 Å². The minimum atomic E-state index is -0.675. The molecule has 1 saturated heterocycles. The third kappa shape index (κ3) is 5.69. The van der Waals surface area contributed by atoms with Gasteiger partial charge in [-0.05, 0) is 20.8 Å². The molecule has 3 atom stereocenters. The SMILES string of the molecule is CC1CNC(=O)CNC(=O)[C@H](C)NC(=O)C[C@@H](C)O1. The molecule has 1 fully saturated rings. The summed E-state index contributed by atoms with van der Waals surface area (Å²) in [5, 5.41) is 7.68. The second-order valence-corrected chi connectivity index (χ2v) is 4.77. The van der Waals surface area contributed by atoms with E-state index in [-0.39, 0.29) is 42.9 Å². The normalized spacial score (nSPS) is 31.1. The van der Waals surface area contributed by atoms with Crippen molar-refractivity contribution in [1.82, 2.24) is 16.0 Å². The number of ether oxygens (including phenoxy) is 1. The summed E-state index contributed by atoms with van der Waals surface area (Å²) < 4.78 is 5.56. The Balaban J connectivity index is 2.68. The fourth-order valence-electron chi connectivity index (χ4n) is 1.76. The van der Waals surface area contributed by atoms with Gasteiger partial charge in [0.25, 0.3) is 0 Å². The maximum Gasteiger partial charge on any atom is 0.242 e. The molecule has 0 radical (unpaired) electrons. The molecule has 1 unspecified atom stereocenters. The van der Waals surface area contributed by atoms with Gasteiger partial charge in [0.15, 0.2) is 0 Å². The molecule has 7 heteroatoms. The third-order valence-electron chi connectivity index (χ3n) is 2.72. The monoisotopic (exact) mass is 271 g/mol. The zero-order chi connectivity index (χ0) is 14.4. The summed E-state index contributed by atoms with van der Waals surface area (Å²) in [5.74, 6) is -0.917. The predicted octanol–water partition coefficient (Wildman–Crippen LogP) is -1.08. The molecule has 1 aliphatic heterocycles. The Labute approximate surface area is 112 Å². The van der Waals surface area contributed by atoms with E-state index in [0.717, 1.165) is 0 Å². The van der Waals surface area contributed by atoms with Gasteiger partial charge in [0.05, 0.1) is 25.2 Å². The van der Waals surface area contributed by atoms with Crippen molar-refractivity contribution in [1.29, 1.82) is 0 Å². The Hall–Kier alpha value is -1.63. The highest BCUT2D eigenvalue weighted by Gasteiger charge is 2.20. The summed E-state index contributed by atoms with van der Waals surface area (Å²) in [5.41, 5.74) is 0. The number of carbonyl (C=O) groups is 3. The van der Waals surface area contributed by atoms with Crippen molar-refractivity contribution in [3.8, 4) is 0 Å². The summed E-state index contributed by atoms with van der Waals surface area (Å²) >= 11 is 0. The molecule has 1 rings (SSSR count). The van der Waals surface area contributed by atoms with Crippen molar-refractivity contribution in [2.24, 2.45) is 0 Å². The maximum atomic E-state index is 11.7. The lowest BCUT2D eigenvalue weighted by Crippen LogP contribution is -2.47. The molecule has 19 heavy (non-hydrogen) atoms. The van der Waals surface area contributed by atoms with Crippen molar-refractivity contribution >= 4 is 17.7 Å². The molecular formula is C12H21N3O4. The van der Waals surface area contributed by atoms with Crippen LogP contribution in [0.1, 0.15) is 27.2 Å². The van der Waals surface area contributed by atoms with Gasteiger partial charge in [0.2, 0.25) is 17.7 Å². The maximum absolute atomic E-state index is 11.7. The van der Waals surface area contributed by atoms with Crippen LogP contribution in [0.25, 0.3) is 0 Å². The first-order valence-electron chi connectivity index (χ1n) is 6.37. The van der Waals surface area contributed by atoms with E-state index in [2.05, 4.69) is 16.0 Å². The Morgan fingerprint density at radius 3 is 2.37 bits per heavy atom. The number of carbonyl (C=O) groups excluding carboxylic acids is 3. The van der Waals surface area contributed by atoms with Crippen molar-refractivity contribution in [2.45, 2.75) is 45.4 Å². The van der Waals surface area contributed by atoms with Crippen LogP contribution in [-0.4, -0.2) is 49.1 Å². The highest BCUT2D eigenvalue weighted by Crippen LogP contribution is 2.03. The first-order valence-corrected chi connectivity index (χ1v) is 6.37. The van der Waals surface area contributed by atoms with Gasteiger partial charge in [-0.3, -0.25) is 14.4 Å². The van der Waals surface area contributed by atoms with E-state index in [0.29, 0.717) is 6.54 Å². The molecule has 0 aromatic carbocycles. The molecule has 0 aromatic rings. The minimum Gasteiger partial charge on any atom is -0.373 e. The molecule has 108 valence electrons. The number of hydrogen-bond donors (Lipinski definition) is 3. The van der Waals surface area contributed by atoms with Gasteiger partial charge in [0.1, 0.15) is 6.04 Å². The number of rotatable bonds is 0. The molecule has 0 aliphatic carbocycles.